The number of esters is 1. The van der Waals surface area contributed by atoms with E-state index < -0.39 is 0 Å². The highest BCUT2D eigenvalue weighted by atomic mass is 127. The average molecular weight is 463 g/mol. The van der Waals surface area contributed by atoms with Gasteiger partial charge in [0.1, 0.15) is 0 Å². The molecule has 2 atom stereocenters. The molecule has 0 aromatic heterocycles. The van der Waals surface area contributed by atoms with Crippen molar-refractivity contribution in [3.05, 3.63) is 0 Å². The zero-order chi connectivity index (χ0) is 16.9. The summed E-state index contributed by atoms with van der Waals surface area (Å²) in [6.45, 7) is 4.69. The SMILES string of the molecule is CCN=C(NC1CC1C1CCCCC1)N1CCC(C(=O)OC)CC1.I. The first-order chi connectivity index (χ1) is 11.7. The molecule has 1 heterocycles. The highest BCUT2D eigenvalue weighted by Gasteiger charge is 2.44. The fourth-order valence-corrected chi connectivity index (χ4v) is 4.51. The lowest BCUT2D eigenvalue weighted by Crippen LogP contribution is -2.47. The zero-order valence-corrected chi connectivity index (χ0v) is 18.0. The monoisotopic (exact) mass is 463 g/mol. The third kappa shape index (κ3) is 5.47. The molecule has 0 aromatic carbocycles. The van der Waals surface area contributed by atoms with Crippen molar-refractivity contribution in [2.75, 3.05) is 26.7 Å². The van der Waals surface area contributed by atoms with Gasteiger partial charge in [-0.05, 0) is 38.0 Å². The topological polar surface area (TPSA) is 53.9 Å². The Hall–Kier alpha value is -0.530. The number of nitrogens with one attached hydrogen (secondary N) is 1. The van der Waals surface area contributed by atoms with Crippen LogP contribution in [0.15, 0.2) is 4.99 Å². The highest BCUT2D eigenvalue weighted by Crippen LogP contribution is 2.44. The normalized spacial score (nSPS) is 28.2. The summed E-state index contributed by atoms with van der Waals surface area (Å²) in [6.07, 6.45) is 10.2. The predicted molar refractivity (Wildman–Crippen MR) is 111 cm³/mol. The van der Waals surface area contributed by atoms with Gasteiger partial charge >= 0.3 is 5.97 Å². The molecule has 25 heavy (non-hydrogen) atoms. The van der Waals surface area contributed by atoms with Gasteiger partial charge in [-0.25, -0.2) is 0 Å². The third-order valence-electron chi connectivity index (χ3n) is 6.05. The molecule has 2 saturated carbocycles. The van der Waals surface area contributed by atoms with E-state index in [1.165, 1.54) is 45.6 Å². The highest BCUT2D eigenvalue weighted by molar-refractivity contribution is 14.0. The smallest absolute Gasteiger partial charge is 0.308 e. The van der Waals surface area contributed by atoms with Crippen molar-refractivity contribution in [3.63, 3.8) is 0 Å². The van der Waals surface area contributed by atoms with Gasteiger partial charge in [-0.3, -0.25) is 9.79 Å². The van der Waals surface area contributed by atoms with E-state index in [9.17, 15) is 4.79 Å². The lowest BCUT2D eigenvalue weighted by atomic mass is 9.85. The molecule has 0 spiro atoms. The first-order valence-corrected chi connectivity index (χ1v) is 9.86. The first-order valence-electron chi connectivity index (χ1n) is 9.86. The fraction of sp³-hybridized carbons (Fsp3) is 0.895. The van der Waals surface area contributed by atoms with Crippen LogP contribution < -0.4 is 5.32 Å². The maximum atomic E-state index is 11.7. The number of ether oxygens (including phenoxy) is 1. The quantitative estimate of drug-likeness (QED) is 0.301. The van der Waals surface area contributed by atoms with Crippen LogP contribution in [0.4, 0.5) is 0 Å². The number of piperidine rings is 1. The van der Waals surface area contributed by atoms with Crippen LogP contribution in [0.2, 0.25) is 0 Å². The summed E-state index contributed by atoms with van der Waals surface area (Å²) < 4.78 is 4.89. The van der Waals surface area contributed by atoms with Crippen molar-refractivity contribution in [3.8, 4) is 0 Å². The van der Waals surface area contributed by atoms with Gasteiger partial charge in [0.05, 0.1) is 13.0 Å². The van der Waals surface area contributed by atoms with Crippen molar-refractivity contribution in [1.29, 1.82) is 0 Å². The summed E-state index contributed by atoms with van der Waals surface area (Å²) in [4.78, 5) is 18.7. The summed E-state index contributed by atoms with van der Waals surface area (Å²) in [7, 11) is 1.48. The molecule has 5 nitrogen and oxygen atoms in total. The number of carbonyl (C=O) groups is 1. The van der Waals surface area contributed by atoms with Gasteiger partial charge in [-0.2, -0.15) is 0 Å². The van der Waals surface area contributed by atoms with E-state index in [-0.39, 0.29) is 35.9 Å². The number of halogens is 1. The zero-order valence-electron chi connectivity index (χ0n) is 15.7. The molecule has 0 amide bonds. The minimum atomic E-state index is -0.0591. The van der Waals surface area contributed by atoms with Crippen molar-refractivity contribution in [2.24, 2.45) is 22.7 Å². The number of nitrogens with zero attached hydrogens (tertiary/aromatic N) is 2. The minimum absolute atomic E-state index is 0. The van der Waals surface area contributed by atoms with Gasteiger partial charge in [0.15, 0.2) is 5.96 Å². The van der Waals surface area contributed by atoms with Crippen LogP contribution in [-0.2, 0) is 9.53 Å². The van der Waals surface area contributed by atoms with E-state index >= 15 is 0 Å². The van der Waals surface area contributed by atoms with E-state index in [4.69, 9.17) is 9.73 Å². The number of hydrogen-bond acceptors (Lipinski definition) is 3. The lowest BCUT2D eigenvalue weighted by Gasteiger charge is -2.33. The van der Waals surface area contributed by atoms with Crippen molar-refractivity contribution >= 4 is 35.9 Å². The number of hydrogen-bond donors (Lipinski definition) is 1. The third-order valence-corrected chi connectivity index (χ3v) is 6.05. The molecule has 0 radical (unpaired) electrons. The molecule has 3 rings (SSSR count). The largest absolute Gasteiger partial charge is 0.469 e. The summed E-state index contributed by atoms with van der Waals surface area (Å²) in [5.41, 5.74) is 0. The van der Waals surface area contributed by atoms with Crippen LogP contribution >= 0.6 is 24.0 Å². The molecule has 0 bridgehead atoms. The number of likely N-dealkylation sites (tertiary alicyclic amines) is 1. The fourth-order valence-electron chi connectivity index (χ4n) is 4.51. The van der Waals surface area contributed by atoms with Gasteiger partial charge in [0.2, 0.25) is 0 Å². The van der Waals surface area contributed by atoms with Crippen molar-refractivity contribution < 1.29 is 9.53 Å². The van der Waals surface area contributed by atoms with Gasteiger partial charge < -0.3 is 15.0 Å². The lowest BCUT2D eigenvalue weighted by molar-refractivity contribution is -0.146. The molecule has 2 aliphatic carbocycles. The van der Waals surface area contributed by atoms with Crippen LogP contribution in [0, 0.1) is 17.8 Å². The second kappa shape index (κ2) is 9.97. The van der Waals surface area contributed by atoms with E-state index in [0.717, 1.165) is 50.3 Å². The van der Waals surface area contributed by atoms with Crippen LogP contribution in [0.1, 0.15) is 58.3 Å². The molecule has 1 aliphatic heterocycles. The van der Waals surface area contributed by atoms with Gasteiger partial charge in [0, 0.05) is 25.7 Å². The molecule has 0 aromatic rings. The van der Waals surface area contributed by atoms with E-state index in [1.54, 1.807) is 0 Å². The number of methoxy groups -OCH3 is 1. The molecule has 1 saturated heterocycles. The summed E-state index contributed by atoms with van der Waals surface area (Å²) in [5.74, 6) is 2.86. The van der Waals surface area contributed by atoms with E-state index in [2.05, 4.69) is 17.1 Å². The van der Waals surface area contributed by atoms with Crippen molar-refractivity contribution in [2.45, 2.75) is 64.3 Å². The Morgan fingerprint density at radius 2 is 1.84 bits per heavy atom. The molecule has 1 N–H and O–H groups in total. The molecule has 3 aliphatic rings. The van der Waals surface area contributed by atoms with Gasteiger partial charge in [-0.1, -0.05) is 32.1 Å². The second-order valence-electron chi connectivity index (χ2n) is 7.63. The van der Waals surface area contributed by atoms with E-state index in [0.29, 0.717) is 6.04 Å². The Labute approximate surface area is 169 Å². The Bertz CT molecular complexity index is 458. The van der Waals surface area contributed by atoms with Crippen LogP contribution in [-0.4, -0.2) is 49.6 Å². The van der Waals surface area contributed by atoms with Crippen molar-refractivity contribution in [1.82, 2.24) is 10.2 Å². The Balaban J connectivity index is 0.00000225. The number of aliphatic imine (C=N–C) groups is 1. The maximum Gasteiger partial charge on any atom is 0.308 e. The summed E-state index contributed by atoms with van der Waals surface area (Å²) in [5, 5.41) is 3.73. The minimum Gasteiger partial charge on any atom is -0.469 e. The first kappa shape index (κ1) is 20.8. The number of carbonyl (C=O) groups excluding carboxylic acids is 1. The summed E-state index contributed by atoms with van der Waals surface area (Å²) >= 11 is 0. The number of guanidine groups is 1. The second-order valence-corrected chi connectivity index (χ2v) is 7.63. The van der Waals surface area contributed by atoms with Crippen LogP contribution in [0.25, 0.3) is 0 Å². The molecule has 144 valence electrons. The molecule has 6 heteroatoms. The predicted octanol–water partition coefficient (Wildman–Crippen LogP) is 3.42. The Kier molecular flexibility index (Phi) is 8.29. The maximum absolute atomic E-state index is 11.7. The molecule has 2 unspecified atom stereocenters. The van der Waals surface area contributed by atoms with Gasteiger partial charge in [-0.15, -0.1) is 24.0 Å². The summed E-state index contributed by atoms with van der Waals surface area (Å²) in [6, 6.07) is 0.622. The van der Waals surface area contributed by atoms with E-state index in [1.807, 2.05) is 0 Å². The molecule has 3 fully saturated rings. The van der Waals surface area contributed by atoms with Crippen LogP contribution in [0.5, 0.6) is 0 Å². The average Bonchev–Trinajstić information content (AvgIpc) is 3.41. The molecular weight excluding hydrogens is 429 g/mol. The van der Waals surface area contributed by atoms with Crippen LogP contribution in [0.3, 0.4) is 0 Å². The number of rotatable bonds is 4. The Morgan fingerprint density at radius 3 is 2.44 bits per heavy atom. The van der Waals surface area contributed by atoms with Gasteiger partial charge in [0.25, 0.3) is 0 Å². The standard InChI is InChI=1S/C19H33N3O2.HI/c1-3-20-19(22-11-9-15(10-12-22)18(23)24-2)21-17-13-16(17)14-7-5-4-6-8-14;/h14-17H,3-13H2,1-2H3,(H,20,21);1H. The molecular formula is C19H34IN3O2. The Morgan fingerprint density at radius 1 is 1.16 bits per heavy atom.